The topological polar surface area (TPSA) is 93.0 Å². The van der Waals surface area contributed by atoms with Gasteiger partial charge in [0.25, 0.3) is 0 Å². The normalized spacial score (nSPS) is 20.4. The number of carbonyl (C=O) groups is 2. The molecular weight excluding hydrogens is 308 g/mol. The van der Waals surface area contributed by atoms with E-state index in [0.29, 0.717) is 24.8 Å². The molecule has 2 heterocycles. The van der Waals surface area contributed by atoms with Gasteiger partial charge in [0, 0.05) is 19.0 Å². The molecule has 2 aromatic rings. The summed E-state index contributed by atoms with van der Waals surface area (Å²) in [5, 5.41) is 14.5. The van der Waals surface area contributed by atoms with E-state index in [1.54, 1.807) is 4.68 Å². The first-order chi connectivity index (χ1) is 11.7. The molecule has 0 unspecified atom stereocenters. The maximum absolute atomic E-state index is 12.4. The van der Waals surface area contributed by atoms with Crippen LogP contribution in [0.2, 0.25) is 0 Å². The third-order valence-electron chi connectivity index (χ3n) is 4.47. The van der Waals surface area contributed by atoms with Crippen molar-refractivity contribution in [3.05, 3.63) is 36.2 Å². The summed E-state index contributed by atoms with van der Waals surface area (Å²) in [6.45, 7) is 0.758. The van der Waals surface area contributed by atoms with Crippen LogP contribution < -0.4 is 5.32 Å². The average molecular weight is 326 g/mol. The second-order valence-electron chi connectivity index (χ2n) is 6.24. The van der Waals surface area contributed by atoms with Crippen LogP contribution in [0, 0.1) is 5.92 Å². The van der Waals surface area contributed by atoms with Crippen LogP contribution in [0.15, 0.2) is 30.3 Å². The molecule has 24 heavy (non-hydrogen) atoms. The zero-order valence-corrected chi connectivity index (χ0v) is 13.1. The van der Waals surface area contributed by atoms with E-state index in [9.17, 15) is 9.59 Å². The van der Waals surface area contributed by atoms with Crippen molar-refractivity contribution >= 4 is 11.8 Å². The summed E-state index contributed by atoms with van der Waals surface area (Å²) in [6, 6.07) is 9.86. The summed E-state index contributed by atoms with van der Waals surface area (Å²) in [4.78, 5) is 26.2. The van der Waals surface area contributed by atoms with Gasteiger partial charge in [-0.15, -0.1) is 5.10 Å². The second kappa shape index (κ2) is 6.03. The van der Waals surface area contributed by atoms with Gasteiger partial charge in [0.1, 0.15) is 0 Å². The van der Waals surface area contributed by atoms with Crippen molar-refractivity contribution in [2.24, 2.45) is 5.92 Å². The van der Waals surface area contributed by atoms with Crippen LogP contribution in [0.4, 0.5) is 0 Å². The van der Waals surface area contributed by atoms with Crippen molar-refractivity contribution in [1.82, 2.24) is 30.4 Å². The Bertz CT molecular complexity index is 755. The number of benzene rings is 1. The number of tetrazole rings is 1. The monoisotopic (exact) mass is 326 g/mol. The summed E-state index contributed by atoms with van der Waals surface area (Å²) >= 11 is 0. The largest absolute Gasteiger partial charge is 0.348 e. The minimum Gasteiger partial charge on any atom is -0.348 e. The van der Waals surface area contributed by atoms with Crippen LogP contribution in [-0.2, 0) is 16.1 Å². The fourth-order valence-corrected chi connectivity index (χ4v) is 3.04. The molecule has 8 heteroatoms. The van der Waals surface area contributed by atoms with E-state index in [-0.39, 0.29) is 24.3 Å². The fraction of sp³-hybridized carbons (Fsp3) is 0.438. The highest BCUT2D eigenvalue weighted by Crippen LogP contribution is 2.32. The number of aromatic nitrogens is 4. The summed E-state index contributed by atoms with van der Waals surface area (Å²) in [5.74, 6) is 0.248. The van der Waals surface area contributed by atoms with Crippen molar-refractivity contribution in [3.63, 3.8) is 0 Å². The van der Waals surface area contributed by atoms with Gasteiger partial charge in [0.2, 0.25) is 11.8 Å². The average Bonchev–Trinajstić information content (AvgIpc) is 3.20. The van der Waals surface area contributed by atoms with E-state index in [1.807, 2.05) is 35.2 Å². The van der Waals surface area contributed by atoms with Gasteiger partial charge in [0.05, 0.1) is 18.2 Å². The first-order valence-electron chi connectivity index (χ1n) is 8.12. The van der Waals surface area contributed by atoms with Gasteiger partial charge in [-0.05, 0) is 35.4 Å². The summed E-state index contributed by atoms with van der Waals surface area (Å²) in [5.41, 5.74) is 0.836. The van der Waals surface area contributed by atoms with E-state index in [1.165, 1.54) is 0 Å². The Balaban J connectivity index is 1.38. The number of nitrogens with zero attached hydrogens (tertiary/aromatic N) is 5. The zero-order chi connectivity index (χ0) is 16.5. The van der Waals surface area contributed by atoms with Gasteiger partial charge in [-0.25, -0.2) is 0 Å². The molecule has 1 saturated carbocycles. The number of hydrogen-bond donors (Lipinski definition) is 1. The fourth-order valence-electron chi connectivity index (χ4n) is 3.04. The van der Waals surface area contributed by atoms with Crippen molar-refractivity contribution in [3.8, 4) is 5.69 Å². The Kier molecular flexibility index (Phi) is 3.72. The van der Waals surface area contributed by atoms with E-state index in [0.717, 1.165) is 18.5 Å². The smallest absolute Gasteiger partial charge is 0.225 e. The van der Waals surface area contributed by atoms with Crippen molar-refractivity contribution in [2.45, 2.75) is 31.8 Å². The summed E-state index contributed by atoms with van der Waals surface area (Å²) in [7, 11) is 0. The first kappa shape index (κ1) is 14.8. The predicted octanol–water partition coefficient (Wildman–Crippen LogP) is 0.289. The van der Waals surface area contributed by atoms with Crippen LogP contribution in [-0.4, -0.2) is 49.5 Å². The van der Waals surface area contributed by atoms with E-state index < -0.39 is 0 Å². The molecule has 0 radical (unpaired) electrons. The molecule has 0 spiro atoms. The Morgan fingerprint density at radius 2 is 2.04 bits per heavy atom. The molecule has 1 saturated heterocycles. The maximum Gasteiger partial charge on any atom is 0.225 e. The molecule has 1 aromatic heterocycles. The zero-order valence-electron chi connectivity index (χ0n) is 13.1. The molecule has 1 aliphatic carbocycles. The standard InChI is InChI=1S/C16H18N6O2/c23-15-8-11(10-21(15)12-6-7-12)16(24)17-9-14-18-19-20-22(14)13-4-2-1-3-5-13/h1-5,11-12H,6-10H2,(H,17,24)/t11-/m0/s1. The van der Waals surface area contributed by atoms with Gasteiger partial charge in [-0.3, -0.25) is 9.59 Å². The molecule has 1 atom stereocenters. The number of para-hydroxylation sites is 1. The third-order valence-corrected chi connectivity index (χ3v) is 4.47. The molecule has 2 fully saturated rings. The Morgan fingerprint density at radius 3 is 2.79 bits per heavy atom. The first-order valence-corrected chi connectivity index (χ1v) is 8.12. The lowest BCUT2D eigenvalue weighted by molar-refractivity contribution is -0.129. The maximum atomic E-state index is 12.4. The summed E-state index contributed by atoms with van der Waals surface area (Å²) in [6.07, 6.45) is 2.42. The molecule has 4 rings (SSSR count). The van der Waals surface area contributed by atoms with Crippen LogP contribution in [0.3, 0.4) is 0 Å². The van der Waals surface area contributed by atoms with Crippen molar-refractivity contribution < 1.29 is 9.59 Å². The highest BCUT2D eigenvalue weighted by atomic mass is 16.2. The Hall–Kier alpha value is -2.77. The lowest BCUT2D eigenvalue weighted by Crippen LogP contribution is -2.33. The highest BCUT2D eigenvalue weighted by molar-refractivity contribution is 5.89. The molecular formula is C16H18N6O2. The van der Waals surface area contributed by atoms with E-state index >= 15 is 0 Å². The molecule has 0 bridgehead atoms. The van der Waals surface area contributed by atoms with Crippen molar-refractivity contribution in [1.29, 1.82) is 0 Å². The number of hydrogen-bond acceptors (Lipinski definition) is 5. The van der Waals surface area contributed by atoms with Gasteiger partial charge >= 0.3 is 0 Å². The Morgan fingerprint density at radius 1 is 1.25 bits per heavy atom. The van der Waals surface area contributed by atoms with E-state index in [2.05, 4.69) is 20.8 Å². The minimum absolute atomic E-state index is 0.0896. The van der Waals surface area contributed by atoms with Gasteiger partial charge in [-0.1, -0.05) is 18.2 Å². The molecule has 8 nitrogen and oxygen atoms in total. The number of amides is 2. The number of carbonyl (C=O) groups excluding carboxylic acids is 2. The SMILES string of the molecule is O=C(NCc1nnnn1-c1ccccc1)[C@H]1CC(=O)N(C2CC2)C1. The number of nitrogens with one attached hydrogen (secondary N) is 1. The lowest BCUT2D eigenvalue weighted by atomic mass is 10.1. The highest BCUT2D eigenvalue weighted by Gasteiger charge is 2.41. The quantitative estimate of drug-likeness (QED) is 0.852. The molecule has 2 aliphatic rings. The Labute approximate surface area is 138 Å². The number of rotatable bonds is 5. The molecule has 1 N–H and O–H groups in total. The van der Waals surface area contributed by atoms with E-state index in [4.69, 9.17) is 0 Å². The molecule has 1 aliphatic heterocycles. The minimum atomic E-state index is -0.279. The van der Waals surface area contributed by atoms with Gasteiger partial charge in [-0.2, -0.15) is 4.68 Å². The van der Waals surface area contributed by atoms with Crippen LogP contribution >= 0.6 is 0 Å². The van der Waals surface area contributed by atoms with Crippen LogP contribution in [0.5, 0.6) is 0 Å². The van der Waals surface area contributed by atoms with Crippen LogP contribution in [0.25, 0.3) is 5.69 Å². The van der Waals surface area contributed by atoms with Crippen molar-refractivity contribution in [2.75, 3.05) is 6.54 Å². The van der Waals surface area contributed by atoms with Gasteiger partial charge in [0.15, 0.2) is 5.82 Å². The lowest BCUT2D eigenvalue weighted by Gasteiger charge is -2.15. The predicted molar refractivity (Wildman–Crippen MR) is 83.8 cm³/mol. The molecule has 1 aromatic carbocycles. The number of likely N-dealkylation sites (tertiary alicyclic amines) is 1. The third kappa shape index (κ3) is 2.86. The second-order valence-corrected chi connectivity index (χ2v) is 6.24. The molecule has 124 valence electrons. The van der Waals surface area contributed by atoms with Gasteiger partial charge < -0.3 is 10.2 Å². The van der Waals surface area contributed by atoms with Crippen LogP contribution in [0.1, 0.15) is 25.1 Å². The summed E-state index contributed by atoms with van der Waals surface area (Å²) < 4.78 is 1.59. The molecule has 2 amide bonds.